The molecule has 0 spiro atoms. The summed E-state index contributed by atoms with van der Waals surface area (Å²) in [6.45, 7) is 0.910. The number of benzene rings is 2. The minimum atomic E-state index is 0.357. The largest absolute Gasteiger partial charge is 0.493 e. The predicted octanol–water partition coefficient (Wildman–Crippen LogP) is 3.72. The number of rotatable bonds is 7. The van der Waals surface area contributed by atoms with Crippen LogP contribution in [0.5, 0.6) is 11.5 Å². The molecule has 0 aliphatic rings. The minimum Gasteiger partial charge on any atom is -0.493 e. The molecule has 26 heavy (non-hydrogen) atoms. The average Bonchev–Trinajstić information content (AvgIpc) is 3.06. The Hall–Kier alpha value is -2.51. The lowest BCUT2D eigenvalue weighted by Crippen LogP contribution is -2.06. The summed E-state index contributed by atoms with van der Waals surface area (Å²) in [6.07, 6.45) is 0. The summed E-state index contributed by atoms with van der Waals surface area (Å²) in [5, 5.41) is 15.4. The lowest BCUT2D eigenvalue weighted by Gasteiger charge is -2.13. The highest BCUT2D eigenvalue weighted by molar-refractivity contribution is 6.42. The van der Waals surface area contributed by atoms with Gasteiger partial charge < -0.3 is 14.8 Å². The Balaban J connectivity index is 1.66. The molecule has 0 radical (unpaired) electrons. The van der Waals surface area contributed by atoms with Crippen LogP contribution in [0.25, 0.3) is 0 Å². The van der Waals surface area contributed by atoms with Crippen molar-refractivity contribution < 1.29 is 9.47 Å². The second kappa shape index (κ2) is 8.25. The van der Waals surface area contributed by atoms with Crippen molar-refractivity contribution in [3.05, 3.63) is 57.6 Å². The van der Waals surface area contributed by atoms with Crippen molar-refractivity contribution in [3.63, 3.8) is 0 Å². The van der Waals surface area contributed by atoms with Gasteiger partial charge in [-0.1, -0.05) is 40.4 Å². The molecular weight excluding hydrogens is 377 g/mol. The van der Waals surface area contributed by atoms with Crippen molar-refractivity contribution in [1.29, 1.82) is 0 Å². The van der Waals surface area contributed by atoms with Crippen LogP contribution < -0.4 is 14.8 Å². The maximum absolute atomic E-state index is 6.03. The van der Waals surface area contributed by atoms with E-state index in [0.29, 0.717) is 40.6 Å². The Labute approximate surface area is 160 Å². The monoisotopic (exact) mass is 393 g/mol. The highest BCUT2D eigenvalue weighted by Gasteiger charge is 2.08. The molecule has 1 aromatic heterocycles. The number of methoxy groups -OCH3 is 1. The molecule has 0 unspecified atom stereocenters. The highest BCUT2D eigenvalue weighted by atomic mass is 35.5. The summed E-state index contributed by atoms with van der Waals surface area (Å²) in [7, 11) is 3.37. The maximum atomic E-state index is 6.03. The molecule has 7 nitrogen and oxygen atoms in total. The normalized spacial score (nSPS) is 10.6. The fourth-order valence-corrected chi connectivity index (χ4v) is 2.61. The number of tetrazole rings is 1. The number of halogens is 2. The standard InChI is InChI=1S/C17H17Cl2N5O2/c1-24-17(21-22-23-24)20-9-11-4-6-15(16(8-11)25-2)26-10-12-3-5-13(18)14(19)7-12/h3-8H,9-10H2,1-2H3,(H,20,21,23). The van der Waals surface area contributed by atoms with Gasteiger partial charge in [0, 0.05) is 13.6 Å². The molecule has 3 rings (SSSR count). The van der Waals surface area contributed by atoms with E-state index in [4.69, 9.17) is 32.7 Å². The van der Waals surface area contributed by atoms with Gasteiger partial charge in [-0.05, 0) is 45.8 Å². The van der Waals surface area contributed by atoms with Crippen molar-refractivity contribution in [2.45, 2.75) is 13.2 Å². The van der Waals surface area contributed by atoms with E-state index in [1.54, 1.807) is 31.0 Å². The summed E-state index contributed by atoms with van der Waals surface area (Å²) in [5.74, 6) is 1.87. The quantitative estimate of drug-likeness (QED) is 0.659. The van der Waals surface area contributed by atoms with Crippen LogP contribution in [0.2, 0.25) is 10.0 Å². The molecule has 0 amide bonds. The van der Waals surface area contributed by atoms with Gasteiger partial charge in [-0.25, -0.2) is 4.68 Å². The van der Waals surface area contributed by atoms with Gasteiger partial charge in [-0.3, -0.25) is 0 Å². The van der Waals surface area contributed by atoms with Crippen molar-refractivity contribution in [3.8, 4) is 11.5 Å². The van der Waals surface area contributed by atoms with Crippen molar-refractivity contribution >= 4 is 29.2 Å². The topological polar surface area (TPSA) is 74.1 Å². The smallest absolute Gasteiger partial charge is 0.242 e. The van der Waals surface area contributed by atoms with Crippen LogP contribution in [0.1, 0.15) is 11.1 Å². The van der Waals surface area contributed by atoms with Gasteiger partial charge in [0.15, 0.2) is 11.5 Å². The molecule has 9 heteroatoms. The fourth-order valence-electron chi connectivity index (χ4n) is 2.29. The number of aromatic nitrogens is 4. The third kappa shape index (κ3) is 4.36. The average molecular weight is 394 g/mol. The van der Waals surface area contributed by atoms with Crippen molar-refractivity contribution in [2.75, 3.05) is 12.4 Å². The molecule has 0 saturated heterocycles. The molecule has 1 heterocycles. The van der Waals surface area contributed by atoms with Gasteiger partial charge in [0.1, 0.15) is 6.61 Å². The fraction of sp³-hybridized carbons (Fsp3) is 0.235. The van der Waals surface area contributed by atoms with Gasteiger partial charge in [-0.15, -0.1) is 0 Å². The van der Waals surface area contributed by atoms with Crippen molar-refractivity contribution in [2.24, 2.45) is 7.05 Å². The highest BCUT2D eigenvalue weighted by Crippen LogP contribution is 2.30. The summed E-state index contributed by atoms with van der Waals surface area (Å²) in [5.41, 5.74) is 1.92. The van der Waals surface area contributed by atoms with Crippen LogP contribution in [-0.4, -0.2) is 27.3 Å². The van der Waals surface area contributed by atoms with Crippen LogP contribution in [0, 0.1) is 0 Å². The number of nitrogens with zero attached hydrogens (tertiary/aromatic N) is 4. The first-order chi connectivity index (χ1) is 12.6. The second-order valence-corrected chi connectivity index (χ2v) is 6.32. The first-order valence-corrected chi connectivity index (χ1v) is 8.52. The molecule has 0 bridgehead atoms. The number of hydrogen-bond acceptors (Lipinski definition) is 6. The molecule has 0 aliphatic carbocycles. The van der Waals surface area contributed by atoms with E-state index >= 15 is 0 Å². The zero-order valence-corrected chi connectivity index (χ0v) is 15.8. The molecule has 2 aromatic carbocycles. The van der Waals surface area contributed by atoms with E-state index in [9.17, 15) is 0 Å². The number of ether oxygens (including phenoxy) is 2. The van der Waals surface area contributed by atoms with E-state index in [1.807, 2.05) is 24.3 Å². The van der Waals surface area contributed by atoms with E-state index < -0.39 is 0 Å². The number of anilines is 1. The Morgan fingerprint density at radius 1 is 1.04 bits per heavy atom. The van der Waals surface area contributed by atoms with E-state index in [0.717, 1.165) is 11.1 Å². The maximum Gasteiger partial charge on any atom is 0.242 e. The van der Waals surface area contributed by atoms with Gasteiger partial charge in [-0.2, -0.15) is 0 Å². The molecule has 1 N–H and O–H groups in total. The predicted molar refractivity (Wildman–Crippen MR) is 99.9 cm³/mol. The molecule has 0 aliphatic heterocycles. The molecule has 3 aromatic rings. The third-order valence-electron chi connectivity index (χ3n) is 3.68. The minimum absolute atomic E-state index is 0.357. The number of aryl methyl sites for hydroxylation is 1. The molecule has 136 valence electrons. The Kier molecular flexibility index (Phi) is 5.80. The molecular formula is C17H17Cl2N5O2. The zero-order chi connectivity index (χ0) is 18.5. The zero-order valence-electron chi connectivity index (χ0n) is 14.2. The third-order valence-corrected chi connectivity index (χ3v) is 4.42. The summed E-state index contributed by atoms with van der Waals surface area (Å²) in [6, 6.07) is 11.1. The Morgan fingerprint density at radius 2 is 1.85 bits per heavy atom. The van der Waals surface area contributed by atoms with Crippen molar-refractivity contribution in [1.82, 2.24) is 20.2 Å². The number of nitrogens with one attached hydrogen (secondary N) is 1. The first-order valence-electron chi connectivity index (χ1n) is 7.76. The van der Waals surface area contributed by atoms with Gasteiger partial charge in [0.2, 0.25) is 5.95 Å². The Bertz CT molecular complexity index is 901. The summed E-state index contributed by atoms with van der Waals surface area (Å²) < 4.78 is 12.8. The van der Waals surface area contributed by atoms with Gasteiger partial charge in [0.05, 0.1) is 17.2 Å². The lowest BCUT2D eigenvalue weighted by molar-refractivity contribution is 0.284. The summed E-state index contributed by atoms with van der Waals surface area (Å²) >= 11 is 12.0. The second-order valence-electron chi connectivity index (χ2n) is 5.50. The van der Waals surface area contributed by atoms with Gasteiger partial charge >= 0.3 is 0 Å². The van der Waals surface area contributed by atoms with Crippen LogP contribution >= 0.6 is 23.2 Å². The van der Waals surface area contributed by atoms with Crippen LogP contribution in [0.4, 0.5) is 5.95 Å². The van der Waals surface area contributed by atoms with Gasteiger partial charge in [0.25, 0.3) is 0 Å². The van der Waals surface area contributed by atoms with E-state index in [-0.39, 0.29) is 0 Å². The molecule has 0 saturated carbocycles. The number of hydrogen-bond donors (Lipinski definition) is 1. The first kappa shape index (κ1) is 18.3. The Morgan fingerprint density at radius 3 is 2.54 bits per heavy atom. The molecule has 0 atom stereocenters. The molecule has 0 fully saturated rings. The lowest BCUT2D eigenvalue weighted by atomic mass is 10.2. The van der Waals surface area contributed by atoms with E-state index in [2.05, 4.69) is 20.8 Å². The summed E-state index contributed by atoms with van der Waals surface area (Å²) in [4.78, 5) is 0. The van der Waals surface area contributed by atoms with Crippen LogP contribution in [0.3, 0.4) is 0 Å². The van der Waals surface area contributed by atoms with E-state index in [1.165, 1.54) is 0 Å². The van der Waals surface area contributed by atoms with Crippen LogP contribution in [-0.2, 0) is 20.2 Å². The van der Waals surface area contributed by atoms with Crippen LogP contribution in [0.15, 0.2) is 36.4 Å². The SMILES string of the molecule is COc1cc(CNc2nnnn2C)ccc1OCc1ccc(Cl)c(Cl)c1.